The van der Waals surface area contributed by atoms with Gasteiger partial charge in [-0.05, 0) is 138 Å². The lowest BCUT2D eigenvalue weighted by molar-refractivity contribution is 0.664. The Labute approximate surface area is 367 Å². The van der Waals surface area contributed by atoms with Gasteiger partial charge in [-0.1, -0.05) is 122 Å². The average Bonchev–Trinajstić information content (AvgIpc) is 3.75. The van der Waals surface area contributed by atoms with Crippen molar-refractivity contribution in [1.29, 1.82) is 0 Å². The van der Waals surface area contributed by atoms with Crippen molar-refractivity contribution in [3.05, 3.63) is 173 Å². The van der Waals surface area contributed by atoms with Gasteiger partial charge in [0.2, 0.25) is 0 Å². The smallest absolute Gasteiger partial charge is 0.137 e. The van der Waals surface area contributed by atoms with Crippen molar-refractivity contribution < 1.29 is 0 Å². The Hall–Kier alpha value is -6.09. The molecule has 4 nitrogen and oxygen atoms in total. The molecule has 0 saturated heterocycles. The van der Waals surface area contributed by atoms with Crippen molar-refractivity contribution in [2.24, 2.45) is 0 Å². The van der Waals surface area contributed by atoms with Gasteiger partial charge in [-0.25, -0.2) is 9.97 Å². The average molecular weight is 839 g/mol. The molecule has 5 aromatic carbocycles. The van der Waals surface area contributed by atoms with Crippen molar-refractivity contribution in [2.75, 3.05) is 0 Å². The van der Waals surface area contributed by atoms with Gasteiger partial charge in [0.15, 0.2) is 0 Å². The second kappa shape index (κ2) is 14.2. The van der Waals surface area contributed by atoms with Gasteiger partial charge in [-0.3, -0.25) is 9.13 Å². The van der Waals surface area contributed by atoms with Gasteiger partial charge in [0.25, 0.3) is 0 Å². The minimum absolute atomic E-state index is 0.271. The van der Waals surface area contributed by atoms with Crippen LogP contribution in [-0.2, 0) is 12.8 Å². The molecule has 4 aromatic heterocycles. The summed E-state index contributed by atoms with van der Waals surface area (Å²) in [5.41, 5.74) is 18.3. The number of fused-ring (bicyclic) bond motifs is 9. The van der Waals surface area contributed by atoms with E-state index in [1.165, 1.54) is 104 Å². The minimum Gasteiger partial charge on any atom is -0.298 e. The van der Waals surface area contributed by atoms with Crippen LogP contribution in [0.2, 0.25) is 39.3 Å². The monoisotopic (exact) mass is 838 g/mol. The van der Waals surface area contributed by atoms with Gasteiger partial charge in [-0.2, -0.15) is 0 Å². The van der Waals surface area contributed by atoms with E-state index in [0.717, 1.165) is 30.9 Å². The minimum atomic E-state index is -1.47. The highest BCUT2D eigenvalue weighted by atomic mass is 28.3. The van der Waals surface area contributed by atoms with Gasteiger partial charge < -0.3 is 0 Å². The number of allylic oxidation sites excluding steroid dienone is 1. The molecule has 1 unspecified atom stereocenters. The van der Waals surface area contributed by atoms with Gasteiger partial charge >= 0.3 is 0 Å². The van der Waals surface area contributed by atoms with Crippen molar-refractivity contribution in [2.45, 2.75) is 78.3 Å². The number of hydrogen-bond donors (Lipinski definition) is 0. The Kier molecular flexibility index (Phi) is 8.91. The maximum atomic E-state index is 5.01. The highest BCUT2D eigenvalue weighted by Gasteiger charge is 2.34. The number of aryl methyl sites for hydroxylation is 3. The molecular formula is C56H54N4Si2. The molecule has 11 rings (SSSR count). The van der Waals surface area contributed by atoms with Gasteiger partial charge in [-0.15, -0.1) is 0 Å². The molecule has 0 N–H and O–H groups in total. The fourth-order valence-corrected chi connectivity index (χ4v) is 12.7. The molecule has 9 aromatic rings. The number of benzene rings is 5. The first-order valence-electron chi connectivity index (χ1n) is 22.4. The highest BCUT2D eigenvalue weighted by Crippen LogP contribution is 2.48. The number of nitrogens with zero attached hydrogens (tertiary/aromatic N) is 4. The van der Waals surface area contributed by atoms with Crippen LogP contribution in [0.4, 0.5) is 0 Å². The van der Waals surface area contributed by atoms with Crippen LogP contribution in [0.15, 0.2) is 139 Å². The topological polar surface area (TPSA) is 35.6 Å². The second-order valence-corrected chi connectivity index (χ2v) is 30.2. The Morgan fingerprint density at radius 2 is 1.06 bits per heavy atom. The predicted molar refractivity (Wildman–Crippen MR) is 269 cm³/mol. The Balaban J connectivity index is 1.09. The molecule has 2 aliphatic rings. The third-order valence-electron chi connectivity index (χ3n) is 13.8. The largest absolute Gasteiger partial charge is 0.298 e. The van der Waals surface area contributed by atoms with Crippen LogP contribution in [0.5, 0.6) is 0 Å². The molecule has 2 aliphatic carbocycles. The lowest BCUT2D eigenvalue weighted by atomic mass is 9.73. The molecule has 4 heterocycles. The number of rotatable bonds is 6. The molecule has 1 atom stereocenters. The summed E-state index contributed by atoms with van der Waals surface area (Å²) in [5, 5.41) is 6.87. The van der Waals surface area contributed by atoms with Crippen molar-refractivity contribution >= 4 is 65.3 Å². The van der Waals surface area contributed by atoms with Crippen LogP contribution < -0.4 is 10.4 Å². The highest BCUT2D eigenvalue weighted by molar-refractivity contribution is 6.89. The third-order valence-corrected chi connectivity index (χ3v) is 17.8. The lowest BCUT2D eigenvalue weighted by Crippen LogP contribution is -2.37. The normalized spacial score (nSPS) is 15.2. The molecule has 0 fully saturated rings. The third kappa shape index (κ3) is 6.46. The van der Waals surface area contributed by atoms with E-state index < -0.39 is 16.1 Å². The van der Waals surface area contributed by atoms with Gasteiger partial charge in [0, 0.05) is 45.7 Å². The van der Waals surface area contributed by atoms with Crippen LogP contribution >= 0.6 is 0 Å². The summed E-state index contributed by atoms with van der Waals surface area (Å²) in [5.74, 6) is 2.23. The maximum Gasteiger partial charge on any atom is 0.137 e. The van der Waals surface area contributed by atoms with Crippen molar-refractivity contribution in [1.82, 2.24) is 19.1 Å². The zero-order chi connectivity index (χ0) is 42.7. The summed E-state index contributed by atoms with van der Waals surface area (Å²) in [6.45, 7) is 18.9. The first-order valence-corrected chi connectivity index (χ1v) is 29.4. The van der Waals surface area contributed by atoms with Gasteiger partial charge in [0.05, 0.1) is 32.7 Å². The quantitative estimate of drug-likeness (QED) is 0.156. The van der Waals surface area contributed by atoms with Gasteiger partial charge in [0.1, 0.15) is 11.6 Å². The van der Waals surface area contributed by atoms with Crippen molar-refractivity contribution in [3.8, 4) is 33.9 Å². The summed E-state index contributed by atoms with van der Waals surface area (Å²) in [6, 6.07) is 46.5. The Morgan fingerprint density at radius 3 is 1.66 bits per heavy atom. The molecule has 0 amide bonds. The molecule has 0 radical (unpaired) electrons. The van der Waals surface area contributed by atoms with E-state index in [2.05, 4.69) is 190 Å². The Morgan fingerprint density at radius 1 is 0.516 bits per heavy atom. The van der Waals surface area contributed by atoms with Crippen LogP contribution in [0.3, 0.4) is 0 Å². The molecular weight excluding hydrogens is 785 g/mol. The predicted octanol–water partition coefficient (Wildman–Crippen LogP) is 13.2. The molecule has 306 valence electrons. The number of hydrogen-bond acceptors (Lipinski definition) is 2. The van der Waals surface area contributed by atoms with Crippen molar-refractivity contribution in [3.63, 3.8) is 0 Å². The van der Waals surface area contributed by atoms with Crippen LogP contribution in [0, 0.1) is 13.8 Å². The first kappa shape index (κ1) is 38.8. The number of aromatic nitrogens is 4. The van der Waals surface area contributed by atoms with Crippen LogP contribution in [-0.4, -0.2) is 35.2 Å². The molecule has 0 aliphatic heterocycles. The van der Waals surface area contributed by atoms with E-state index in [4.69, 9.17) is 9.97 Å². The second-order valence-electron chi connectivity index (χ2n) is 20.1. The SMILES string of the molecule is Cc1ccnc(-n2c3c(c4cc(-c5cccc([Si](C)(C)C)c5)ccc42)C=C2CCc4cc5c6cc(-c7cccc([Si](C)(C)C)c7)ccc6n(-c6cc(C)ccn6)c5cc4C2C3)c1. The fourth-order valence-electron chi connectivity index (χ4n) is 10.3. The maximum absolute atomic E-state index is 5.01. The molecule has 62 heavy (non-hydrogen) atoms. The van der Waals surface area contributed by atoms with E-state index in [1.54, 1.807) is 0 Å². The zero-order valence-electron chi connectivity index (χ0n) is 37.3. The molecule has 6 heteroatoms. The summed E-state index contributed by atoms with van der Waals surface area (Å²) in [4.78, 5) is 10.0. The van der Waals surface area contributed by atoms with Crippen LogP contribution in [0.25, 0.3) is 72.7 Å². The van der Waals surface area contributed by atoms with E-state index in [1.807, 2.05) is 12.4 Å². The summed E-state index contributed by atoms with van der Waals surface area (Å²) < 4.78 is 4.88. The molecule has 0 bridgehead atoms. The van der Waals surface area contributed by atoms with E-state index in [-0.39, 0.29) is 5.92 Å². The molecule has 0 saturated carbocycles. The van der Waals surface area contributed by atoms with E-state index in [0.29, 0.717) is 0 Å². The summed E-state index contributed by atoms with van der Waals surface area (Å²) in [7, 11) is -2.95. The van der Waals surface area contributed by atoms with E-state index >= 15 is 0 Å². The lowest BCUT2D eigenvalue weighted by Gasteiger charge is -2.32. The Bertz CT molecular complexity index is 3330. The fraction of sp³-hybridized carbons (Fsp3) is 0.214. The standard InChI is InChI=1S/C56H54N4Si2/c1-35-21-23-57-55(25-35)59-51-19-17-39(37-11-9-13-43(27-37)61(3,4)5)29-47(51)49-31-41-15-16-42-32-50-48-30-40(38-12-10-14-44(28-38)62(6,7)8)18-20-52(48)60(56-26-36(2)22-24-58-56)54(50)34-46(42)45(41)33-53(49)59/h9-14,17-33,46H,15-16,34H2,1-8H3. The summed E-state index contributed by atoms with van der Waals surface area (Å²) >= 11 is 0. The first-order chi connectivity index (χ1) is 29.8. The van der Waals surface area contributed by atoms with E-state index in [9.17, 15) is 0 Å². The molecule has 0 spiro atoms. The zero-order valence-corrected chi connectivity index (χ0v) is 39.3. The van der Waals surface area contributed by atoms with Crippen LogP contribution in [0.1, 0.15) is 45.8 Å². The summed E-state index contributed by atoms with van der Waals surface area (Å²) in [6.07, 6.45) is 9.48. The number of pyridine rings is 2.